The van der Waals surface area contributed by atoms with E-state index in [1.807, 2.05) is 0 Å². The van der Waals surface area contributed by atoms with Crippen LogP contribution in [0.3, 0.4) is 0 Å². The predicted molar refractivity (Wildman–Crippen MR) is 71.6 cm³/mol. The largest absolute Gasteiger partial charge is 0.395 e. The minimum atomic E-state index is -3.12. The zero-order chi connectivity index (χ0) is 14.8. The number of hydrogen-bond acceptors (Lipinski definition) is 4. The van der Waals surface area contributed by atoms with E-state index >= 15 is 0 Å². The Kier molecular flexibility index (Phi) is 4.39. The second-order valence-corrected chi connectivity index (χ2v) is 7.01. The third-order valence-electron chi connectivity index (χ3n) is 3.34. The summed E-state index contributed by atoms with van der Waals surface area (Å²) in [4.78, 5) is 13.7. The van der Waals surface area contributed by atoms with E-state index < -0.39 is 21.7 Å². The molecule has 0 radical (unpaired) electrons. The van der Waals surface area contributed by atoms with Crippen molar-refractivity contribution in [2.24, 2.45) is 0 Å². The molecule has 1 heterocycles. The number of carbonyl (C=O) groups is 1. The smallest absolute Gasteiger partial charge is 0.254 e. The van der Waals surface area contributed by atoms with Crippen LogP contribution >= 0.6 is 0 Å². The molecule has 0 bridgehead atoms. The number of halogens is 1. The van der Waals surface area contributed by atoms with Gasteiger partial charge >= 0.3 is 0 Å². The van der Waals surface area contributed by atoms with Crippen molar-refractivity contribution in [3.05, 3.63) is 35.6 Å². The number of nitrogens with zero attached hydrogens (tertiary/aromatic N) is 1. The highest BCUT2D eigenvalue weighted by atomic mass is 32.2. The third-order valence-corrected chi connectivity index (χ3v) is 5.09. The van der Waals surface area contributed by atoms with Gasteiger partial charge in [0.25, 0.3) is 5.91 Å². The molecule has 110 valence electrons. The van der Waals surface area contributed by atoms with Crippen molar-refractivity contribution < 1.29 is 22.7 Å². The lowest BCUT2D eigenvalue weighted by atomic mass is 10.1. The lowest BCUT2D eigenvalue weighted by molar-refractivity contribution is 0.0655. The number of aliphatic hydroxyl groups excluding tert-OH is 1. The van der Waals surface area contributed by atoms with E-state index in [9.17, 15) is 17.6 Å². The summed E-state index contributed by atoms with van der Waals surface area (Å²) in [5, 5.41) is 9.06. The highest BCUT2D eigenvalue weighted by molar-refractivity contribution is 7.91. The van der Waals surface area contributed by atoms with Crippen LogP contribution in [0.4, 0.5) is 4.39 Å². The maximum absolute atomic E-state index is 12.9. The molecule has 20 heavy (non-hydrogen) atoms. The SMILES string of the molecule is O=C(c1ccc(F)cc1)N(CCO)C1CCS(=O)(=O)C1. The maximum atomic E-state index is 12.9. The van der Waals surface area contributed by atoms with Gasteiger partial charge in [-0.2, -0.15) is 0 Å². The fraction of sp³-hybridized carbons (Fsp3) is 0.462. The average Bonchev–Trinajstić information content (AvgIpc) is 2.76. The highest BCUT2D eigenvalue weighted by Gasteiger charge is 2.34. The van der Waals surface area contributed by atoms with Crippen molar-refractivity contribution in [1.82, 2.24) is 4.90 Å². The molecule has 1 aliphatic rings. The second-order valence-electron chi connectivity index (χ2n) is 4.79. The van der Waals surface area contributed by atoms with Crippen LogP contribution in [0.15, 0.2) is 24.3 Å². The first kappa shape index (κ1) is 14.9. The Morgan fingerprint density at radius 3 is 2.50 bits per heavy atom. The molecule has 0 saturated carbocycles. The van der Waals surface area contributed by atoms with E-state index in [1.54, 1.807) is 0 Å². The van der Waals surface area contributed by atoms with Gasteiger partial charge in [0, 0.05) is 18.2 Å². The molecular weight excluding hydrogens is 285 g/mol. The summed E-state index contributed by atoms with van der Waals surface area (Å²) in [7, 11) is -3.12. The zero-order valence-electron chi connectivity index (χ0n) is 10.8. The summed E-state index contributed by atoms with van der Waals surface area (Å²) in [6, 6.07) is 4.63. The van der Waals surface area contributed by atoms with Gasteiger partial charge in [0.2, 0.25) is 0 Å². The molecule has 7 heteroatoms. The molecule has 1 N–H and O–H groups in total. The molecular formula is C13H16FNO4S. The summed E-state index contributed by atoms with van der Waals surface area (Å²) < 4.78 is 35.9. The molecule has 1 aromatic carbocycles. The molecule has 0 spiro atoms. The molecule has 1 saturated heterocycles. The van der Waals surface area contributed by atoms with Gasteiger partial charge in [-0.25, -0.2) is 12.8 Å². The predicted octanol–water partition coefficient (Wildman–Crippen LogP) is 0.447. The van der Waals surface area contributed by atoms with Crippen LogP contribution < -0.4 is 0 Å². The third kappa shape index (κ3) is 3.34. The molecule has 0 aliphatic carbocycles. The van der Waals surface area contributed by atoms with Crippen LogP contribution in [-0.4, -0.2) is 55.0 Å². The van der Waals surface area contributed by atoms with Crippen molar-refractivity contribution >= 4 is 15.7 Å². The van der Waals surface area contributed by atoms with Gasteiger partial charge in [0.15, 0.2) is 9.84 Å². The number of aliphatic hydroxyl groups is 1. The van der Waals surface area contributed by atoms with Crippen molar-refractivity contribution in [1.29, 1.82) is 0 Å². The lowest BCUT2D eigenvalue weighted by Crippen LogP contribution is -2.42. The van der Waals surface area contributed by atoms with E-state index in [2.05, 4.69) is 0 Å². The van der Waals surface area contributed by atoms with Crippen molar-refractivity contribution in [3.63, 3.8) is 0 Å². The highest BCUT2D eigenvalue weighted by Crippen LogP contribution is 2.20. The van der Waals surface area contributed by atoms with Gasteiger partial charge in [-0.1, -0.05) is 0 Å². The Labute approximate surface area is 116 Å². The van der Waals surface area contributed by atoms with Crippen molar-refractivity contribution in [3.8, 4) is 0 Å². The monoisotopic (exact) mass is 301 g/mol. The van der Waals surface area contributed by atoms with Gasteiger partial charge in [-0.15, -0.1) is 0 Å². The minimum Gasteiger partial charge on any atom is -0.395 e. The van der Waals surface area contributed by atoms with Gasteiger partial charge < -0.3 is 10.0 Å². The Morgan fingerprint density at radius 1 is 1.35 bits per heavy atom. The first-order chi connectivity index (χ1) is 9.43. The van der Waals surface area contributed by atoms with Crippen molar-refractivity contribution in [2.45, 2.75) is 12.5 Å². The first-order valence-corrected chi connectivity index (χ1v) is 8.13. The number of rotatable bonds is 4. The summed E-state index contributed by atoms with van der Waals surface area (Å²) in [5.41, 5.74) is 0.282. The zero-order valence-corrected chi connectivity index (χ0v) is 11.6. The molecule has 0 aromatic heterocycles. The maximum Gasteiger partial charge on any atom is 0.254 e. The fourth-order valence-corrected chi connectivity index (χ4v) is 4.07. The Morgan fingerprint density at radius 2 is 2.00 bits per heavy atom. The normalized spacial score (nSPS) is 20.8. The van der Waals surface area contributed by atoms with Crippen LogP contribution in [0.25, 0.3) is 0 Å². The van der Waals surface area contributed by atoms with E-state index in [4.69, 9.17) is 5.11 Å². The second kappa shape index (κ2) is 5.88. The van der Waals surface area contributed by atoms with Crippen LogP contribution in [0.5, 0.6) is 0 Å². The quantitative estimate of drug-likeness (QED) is 0.876. The Bertz CT molecular complexity index is 585. The number of carbonyl (C=O) groups excluding carboxylic acids is 1. The molecule has 2 rings (SSSR count). The van der Waals surface area contributed by atoms with Crippen molar-refractivity contribution in [2.75, 3.05) is 24.7 Å². The van der Waals surface area contributed by atoms with E-state index in [0.29, 0.717) is 6.42 Å². The molecule has 1 aliphatic heterocycles. The number of benzene rings is 1. The fourth-order valence-electron chi connectivity index (χ4n) is 2.34. The molecule has 5 nitrogen and oxygen atoms in total. The van der Waals surface area contributed by atoms with Crippen LogP contribution in [-0.2, 0) is 9.84 Å². The van der Waals surface area contributed by atoms with Gasteiger partial charge in [0.05, 0.1) is 18.1 Å². The number of amides is 1. The van der Waals surface area contributed by atoms with Gasteiger partial charge in [-0.3, -0.25) is 4.79 Å². The van der Waals surface area contributed by atoms with Crippen LogP contribution in [0.2, 0.25) is 0 Å². The van der Waals surface area contributed by atoms with E-state index in [-0.39, 0.29) is 36.1 Å². The van der Waals surface area contributed by atoms with E-state index in [1.165, 1.54) is 29.2 Å². The standard InChI is InChI=1S/C13H16FNO4S/c14-11-3-1-10(2-4-11)13(17)15(6-7-16)12-5-8-20(18,19)9-12/h1-4,12,16H,5-9H2. The Balaban J connectivity index is 2.20. The van der Waals surface area contributed by atoms with E-state index in [0.717, 1.165) is 0 Å². The topological polar surface area (TPSA) is 74.7 Å². The lowest BCUT2D eigenvalue weighted by Gasteiger charge is -2.27. The summed E-state index contributed by atoms with van der Waals surface area (Å²) in [5.74, 6) is -0.865. The Hall–Kier alpha value is -1.47. The molecule has 1 unspecified atom stereocenters. The molecule has 1 atom stereocenters. The molecule has 1 amide bonds. The summed E-state index contributed by atoms with van der Waals surface area (Å²) in [6.45, 7) is -0.181. The molecule has 1 fully saturated rings. The number of hydrogen-bond donors (Lipinski definition) is 1. The average molecular weight is 301 g/mol. The minimum absolute atomic E-state index is 0.0519. The summed E-state index contributed by atoms with van der Waals surface area (Å²) in [6.07, 6.45) is 0.370. The summed E-state index contributed by atoms with van der Waals surface area (Å²) >= 11 is 0. The number of sulfone groups is 1. The first-order valence-electron chi connectivity index (χ1n) is 6.31. The van der Waals surface area contributed by atoms with Crippen LogP contribution in [0, 0.1) is 5.82 Å². The van der Waals surface area contributed by atoms with Crippen LogP contribution in [0.1, 0.15) is 16.8 Å². The van der Waals surface area contributed by atoms with Gasteiger partial charge in [0.1, 0.15) is 5.82 Å². The molecule has 1 aromatic rings. The van der Waals surface area contributed by atoms with Gasteiger partial charge in [-0.05, 0) is 30.7 Å².